The predicted molar refractivity (Wildman–Crippen MR) is 106 cm³/mol. The van der Waals surface area contributed by atoms with E-state index in [9.17, 15) is 26.9 Å². The highest BCUT2D eigenvalue weighted by molar-refractivity contribution is 7.89. The van der Waals surface area contributed by atoms with Crippen molar-refractivity contribution in [3.63, 3.8) is 0 Å². The lowest BCUT2D eigenvalue weighted by atomic mass is 10.1. The van der Waals surface area contributed by atoms with Gasteiger partial charge in [0.2, 0.25) is 10.0 Å². The minimum absolute atomic E-state index is 0.0203. The van der Waals surface area contributed by atoms with Gasteiger partial charge in [-0.05, 0) is 30.7 Å². The smallest absolute Gasteiger partial charge is 0.368 e. The monoisotopic (exact) mass is 434 g/mol. The van der Waals surface area contributed by atoms with Crippen LogP contribution in [0.5, 0.6) is 0 Å². The number of alkyl halides is 3. The van der Waals surface area contributed by atoms with Gasteiger partial charge in [-0.2, -0.15) is 18.4 Å². The van der Waals surface area contributed by atoms with Crippen molar-refractivity contribution in [2.75, 3.05) is 18.4 Å². The number of fused-ring (bicyclic) bond motifs is 1. The van der Waals surface area contributed by atoms with E-state index in [0.717, 1.165) is 23.1 Å². The number of pyridine rings is 1. The molecule has 0 aliphatic rings. The maximum atomic E-state index is 13.1. The van der Waals surface area contributed by atoms with Crippen LogP contribution in [0, 0.1) is 18.3 Å². The van der Waals surface area contributed by atoms with E-state index in [1.807, 2.05) is 31.2 Å². The van der Waals surface area contributed by atoms with E-state index in [1.54, 1.807) is 6.07 Å². The Bertz CT molecular complexity index is 1240. The zero-order valence-electron chi connectivity index (χ0n) is 15.8. The summed E-state index contributed by atoms with van der Waals surface area (Å²) in [6, 6.07) is 13.2. The molecule has 2 aromatic carbocycles. The zero-order valence-corrected chi connectivity index (χ0v) is 16.6. The number of rotatable bonds is 6. The van der Waals surface area contributed by atoms with Crippen molar-refractivity contribution in [3.05, 3.63) is 65.2 Å². The van der Waals surface area contributed by atoms with Crippen LogP contribution in [0.3, 0.4) is 0 Å². The van der Waals surface area contributed by atoms with Gasteiger partial charge in [0.05, 0.1) is 21.5 Å². The fraction of sp³-hybridized carbons (Fsp3) is 0.200. The molecule has 10 heteroatoms. The van der Waals surface area contributed by atoms with Crippen LogP contribution in [0.25, 0.3) is 10.9 Å². The number of benzene rings is 2. The third kappa shape index (κ3) is 4.53. The molecule has 3 aromatic rings. The normalized spacial score (nSPS) is 12.0. The van der Waals surface area contributed by atoms with E-state index >= 15 is 0 Å². The molecule has 0 atom stereocenters. The third-order valence-electron chi connectivity index (χ3n) is 4.36. The Balaban J connectivity index is 1.74. The van der Waals surface area contributed by atoms with Crippen LogP contribution in [0.2, 0.25) is 0 Å². The average Bonchev–Trinajstić information content (AvgIpc) is 2.70. The second-order valence-corrected chi connectivity index (χ2v) is 8.20. The summed E-state index contributed by atoms with van der Waals surface area (Å²) in [5.74, 6) is 0.272. The minimum Gasteiger partial charge on any atom is -0.368 e. The van der Waals surface area contributed by atoms with Gasteiger partial charge in [-0.25, -0.2) is 18.1 Å². The summed E-state index contributed by atoms with van der Waals surface area (Å²) < 4.78 is 66.1. The van der Waals surface area contributed by atoms with Crippen LogP contribution in [0.4, 0.5) is 19.0 Å². The Kier molecular flexibility index (Phi) is 5.96. The number of nitrogens with zero attached hydrogens (tertiary/aromatic N) is 2. The number of anilines is 1. The lowest BCUT2D eigenvalue weighted by molar-refractivity contribution is -0.139. The molecule has 0 fully saturated rings. The molecule has 1 aromatic heterocycles. The summed E-state index contributed by atoms with van der Waals surface area (Å²) in [6.45, 7) is 1.69. The maximum absolute atomic E-state index is 13.1. The van der Waals surface area contributed by atoms with Gasteiger partial charge >= 0.3 is 6.18 Å². The van der Waals surface area contributed by atoms with Crippen molar-refractivity contribution in [2.45, 2.75) is 18.0 Å². The molecule has 1 heterocycles. The second kappa shape index (κ2) is 8.30. The Labute approximate surface area is 171 Å². The van der Waals surface area contributed by atoms with Gasteiger partial charge in [0.15, 0.2) is 0 Å². The first kappa shape index (κ1) is 21.5. The van der Waals surface area contributed by atoms with Crippen LogP contribution in [-0.4, -0.2) is 26.5 Å². The SMILES string of the molecule is Cc1cccc2cc(C#N)c(NCCNS(=O)(=O)c3ccccc3C(F)(F)F)nc12. The summed E-state index contributed by atoms with van der Waals surface area (Å²) in [4.78, 5) is 3.59. The number of halogens is 3. The van der Waals surface area contributed by atoms with E-state index in [1.165, 1.54) is 6.07 Å². The fourth-order valence-corrected chi connectivity index (χ4v) is 4.20. The molecular weight excluding hydrogens is 417 g/mol. The Morgan fingerprint density at radius 2 is 1.83 bits per heavy atom. The highest BCUT2D eigenvalue weighted by Gasteiger charge is 2.36. The molecule has 156 valence electrons. The Morgan fingerprint density at radius 1 is 1.10 bits per heavy atom. The van der Waals surface area contributed by atoms with Crippen LogP contribution in [-0.2, 0) is 16.2 Å². The molecular formula is C20H17F3N4O2S. The van der Waals surface area contributed by atoms with Crippen molar-refractivity contribution in [2.24, 2.45) is 0 Å². The zero-order chi connectivity index (χ0) is 21.9. The number of aryl methyl sites for hydroxylation is 1. The minimum atomic E-state index is -4.79. The molecule has 0 bridgehead atoms. The van der Waals surface area contributed by atoms with Crippen LogP contribution >= 0.6 is 0 Å². The first-order valence-corrected chi connectivity index (χ1v) is 10.3. The van der Waals surface area contributed by atoms with E-state index in [-0.39, 0.29) is 24.5 Å². The van der Waals surface area contributed by atoms with Gasteiger partial charge in [-0.3, -0.25) is 0 Å². The van der Waals surface area contributed by atoms with Crippen molar-refractivity contribution in [1.29, 1.82) is 5.26 Å². The highest BCUT2D eigenvalue weighted by atomic mass is 32.2. The third-order valence-corrected chi connectivity index (χ3v) is 5.88. The van der Waals surface area contributed by atoms with E-state index in [2.05, 4.69) is 15.0 Å². The molecule has 0 saturated carbocycles. The summed E-state index contributed by atoms with van der Waals surface area (Å²) in [6.07, 6.45) is -4.79. The number of nitriles is 1. The number of sulfonamides is 1. The largest absolute Gasteiger partial charge is 0.417 e. The number of hydrogen-bond acceptors (Lipinski definition) is 5. The summed E-state index contributed by atoms with van der Waals surface area (Å²) >= 11 is 0. The van der Waals surface area contributed by atoms with Gasteiger partial charge in [-0.15, -0.1) is 0 Å². The molecule has 0 radical (unpaired) electrons. The summed E-state index contributed by atoms with van der Waals surface area (Å²) in [5.41, 5.74) is 0.644. The lowest BCUT2D eigenvalue weighted by Gasteiger charge is -2.14. The molecule has 0 spiro atoms. The van der Waals surface area contributed by atoms with Crippen molar-refractivity contribution >= 4 is 26.7 Å². The van der Waals surface area contributed by atoms with E-state index in [0.29, 0.717) is 11.6 Å². The molecule has 0 unspecified atom stereocenters. The van der Waals surface area contributed by atoms with Gasteiger partial charge in [0.25, 0.3) is 0 Å². The van der Waals surface area contributed by atoms with Gasteiger partial charge in [0.1, 0.15) is 11.9 Å². The molecule has 30 heavy (non-hydrogen) atoms. The lowest BCUT2D eigenvalue weighted by Crippen LogP contribution is -2.30. The van der Waals surface area contributed by atoms with E-state index < -0.39 is 26.7 Å². The first-order valence-electron chi connectivity index (χ1n) is 8.84. The topological polar surface area (TPSA) is 94.9 Å². The van der Waals surface area contributed by atoms with Crippen LogP contribution < -0.4 is 10.0 Å². The second-order valence-electron chi connectivity index (χ2n) is 6.46. The Morgan fingerprint density at radius 3 is 2.53 bits per heavy atom. The molecule has 3 rings (SSSR count). The van der Waals surface area contributed by atoms with E-state index in [4.69, 9.17) is 0 Å². The first-order chi connectivity index (χ1) is 14.1. The van der Waals surface area contributed by atoms with Crippen molar-refractivity contribution in [3.8, 4) is 6.07 Å². The molecule has 0 aliphatic heterocycles. The molecule has 6 nitrogen and oxygen atoms in total. The van der Waals surface area contributed by atoms with Crippen molar-refractivity contribution in [1.82, 2.24) is 9.71 Å². The number of para-hydroxylation sites is 1. The highest BCUT2D eigenvalue weighted by Crippen LogP contribution is 2.33. The van der Waals surface area contributed by atoms with Gasteiger partial charge in [-0.1, -0.05) is 30.3 Å². The predicted octanol–water partition coefficient (Wildman–Crippen LogP) is 3.82. The molecule has 2 N–H and O–H groups in total. The summed E-state index contributed by atoms with van der Waals surface area (Å²) in [5, 5.41) is 13.0. The molecule has 0 aliphatic carbocycles. The van der Waals surface area contributed by atoms with Gasteiger partial charge < -0.3 is 5.32 Å². The number of hydrogen-bond donors (Lipinski definition) is 2. The van der Waals surface area contributed by atoms with Crippen LogP contribution in [0.15, 0.2) is 53.4 Å². The average molecular weight is 434 g/mol. The van der Waals surface area contributed by atoms with Crippen LogP contribution in [0.1, 0.15) is 16.7 Å². The fourth-order valence-electron chi connectivity index (χ4n) is 2.95. The number of nitrogens with one attached hydrogen (secondary N) is 2. The number of aromatic nitrogens is 1. The quantitative estimate of drug-likeness (QED) is 0.575. The molecule has 0 amide bonds. The standard InChI is InChI=1S/C20H17F3N4O2S/c1-13-5-4-6-14-11-15(12-24)19(27-18(13)14)25-9-10-26-30(28,29)17-8-3-2-7-16(17)20(21,22)23/h2-8,11,26H,9-10H2,1H3,(H,25,27). The van der Waals surface area contributed by atoms with Gasteiger partial charge in [0, 0.05) is 18.5 Å². The van der Waals surface area contributed by atoms with Crippen molar-refractivity contribution < 1.29 is 21.6 Å². The summed E-state index contributed by atoms with van der Waals surface area (Å²) in [7, 11) is -4.38. The molecule has 0 saturated heterocycles. The maximum Gasteiger partial charge on any atom is 0.417 e. The Hall–Kier alpha value is -3.16.